The van der Waals surface area contributed by atoms with Gasteiger partial charge in [-0.1, -0.05) is 36.4 Å². The summed E-state index contributed by atoms with van der Waals surface area (Å²) >= 11 is 0. The highest BCUT2D eigenvalue weighted by Gasteiger charge is 2.12. The van der Waals surface area contributed by atoms with Crippen molar-refractivity contribution in [1.82, 2.24) is 0 Å². The zero-order valence-corrected chi connectivity index (χ0v) is 12.2. The van der Waals surface area contributed by atoms with Gasteiger partial charge in [0, 0.05) is 10.9 Å². The molecule has 2 rings (SSSR count). The van der Waals surface area contributed by atoms with E-state index in [0.29, 0.717) is 0 Å². The Balaban J connectivity index is 1.93. The molecule has 1 unspecified atom stereocenters. The minimum atomic E-state index is 0.240. The molecule has 98 valence electrons. The fourth-order valence-corrected chi connectivity index (χ4v) is 2.97. The summed E-state index contributed by atoms with van der Waals surface area (Å²) in [6, 6.07) is 18.8. The van der Waals surface area contributed by atoms with Crippen molar-refractivity contribution in [1.29, 1.82) is 0 Å². The second-order valence-corrected chi connectivity index (χ2v) is 6.37. The molecule has 0 radical (unpaired) electrons. The van der Waals surface area contributed by atoms with Crippen molar-refractivity contribution in [2.75, 3.05) is 19.1 Å². The van der Waals surface area contributed by atoms with Gasteiger partial charge in [-0.2, -0.15) is 0 Å². The van der Waals surface area contributed by atoms with E-state index >= 15 is 0 Å². The summed E-state index contributed by atoms with van der Waals surface area (Å²) in [6.45, 7) is 0. The van der Waals surface area contributed by atoms with Gasteiger partial charge in [0.05, 0.1) is 7.11 Å². The second-order valence-electron chi connectivity index (χ2n) is 4.29. The van der Waals surface area contributed by atoms with E-state index in [1.165, 1.54) is 10.5 Å². The molecule has 0 amide bonds. The smallest absolute Gasteiger partial charge is 0.155 e. The Morgan fingerprint density at radius 3 is 2.32 bits per heavy atom. The van der Waals surface area contributed by atoms with Gasteiger partial charge in [-0.25, -0.2) is 0 Å². The molecule has 0 N–H and O–H groups in total. The molecular weight excluding hydrogens is 252 g/mol. The monoisotopic (exact) mass is 271 g/mol. The third-order valence-corrected chi connectivity index (χ3v) is 4.69. The molecule has 0 bridgehead atoms. The fraction of sp³-hybridized carbons (Fsp3) is 0.176. The summed E-state index contributed by atoms with van der Waals surface area (Å²) in [5, 5.41) is 0. The van der Waals surface area contributed by atoms with E-state index in [2.05, 4.69) is 54.8 Å². The van der Waals surface area contributed by atoms with E-state index in [0.717, 1.165) is 11.5 Å². The lowest BCUT2D eigenvalue weighted by Gasteiger charge is -2.02. The molecule has 0 aliphatic rings. The lowest BCUT2D eigenvalue weighted by Crippen LogP contribution is -2.03. The Bertz CT molecular complexity index is 517. The second kappa shape index (κ2) is 7.05. The molecule has 0 aromatic heterocycles. The van der Waals surface area contributed by atoms with Crippen molar-refractivity contribution < 1.29 is 4.74 Å². The van der Waals surface area contributed by atoms with Crippen molar-refractivity contribution in [3.05, 3.63) is 66.2 Å². The van der Waals surface area contributed by atoms with Crippen LogP contribution >= 0.6 is 0 Å². The van der Waals surface area contributed by atoms with Gasteiger partial charge in [0.15, 0.2) is 4.90 Å². The molecule has 0 aliphatic carbocycles. The highest BCUT2D eigenvalue weighted by Crippen LogP contribution is 2.17. The zero-order chi connectivity index (χ0) is 13.5. The number of rotatable bonds is 5. The number of benzene rings is 2. The van der Waals surface area contributed by atoms with Crippen LogP contribution in [0.25, 0.3) is 6.08 Å². The first-order valence-corrected chi connectivity index (χ1v) is 8.08. The zero-order valence-electron chi connectivity index (χ0n) is 11.4. The van der Waals surface area contributed by atoms with Gasteiger partial charge in [-0.15, -0.1) is 0 Å². The van der Waals surface area contributed by atoms with E-state index < -0.39 is 0 Å². The molecule has 0 saturated carbocycles. The molecule has 0 saturated heterocycles. The first-order valence-electron chi connectivity index (χ1n) is 6.28. The Morgan fingerprint density at radius 1 is 1.00 bits per heavy atom. The summed E-state index contributed by atoms with van der Waals surface area (Å²) in [5.74, 6) is 1.99. The molecular formula is C17H19OS+. The molecule has 2 aromatic rings. The van der Waals surface area contributed by atoms with Crippen molar-refractivity contribution in [3.63, 3.8) is 0 Å². The maximum absolute atomic E-state index is 5.18. The topological polar surface area (TPSA) is 9.23 Å². The van der Waals surface area contributed by atoms with Crippen molar-refractivity contribution in [2.24, 2.45) is 0 Å². The van der Waals surface area contributed by atoms with Gasteiger partial charge in [0.1, 0.15) is 17.8 Å². The van der Waals surface area contributed by atoms with Crippen LogP contribution in [0.15, 0.2) is 65.6 Å². The number of hydrogen-bond donors (Lipinski definition) is 0. The lowest BCUT2D eigenvalue weighted by atomic mass is 10.2. The summed E-state index contributed by atoms with van der Waals surface area (Å²) in [4.78, 5) is 1.37. The third kappa shape index (κ3) is 4.18. The van der Waals surface area contributed by atoms with E-state index in [-0.39, 0.29) is 10.9 Å². The van der Waals surface area contributed by atoms with E-state index in [1.807, 2.05) is 18.2 Å². The van der Waals surface area contributed by atoms with Crippen LogP contribution in [0.4, 0.5) is 0 Å². The molecule has 0 spiro atoms. The van der Waals surface area contributed by atoms with Crippen LogP contribution in [0.5, 0.6) is 5.75 Å². The van der Waals surface area contributed by atoms with E-state index in [9.17, 15) is 0 Å². The van der Waals surface area contributed by atoms with E-state index in [4.69, 9.17) is 4.74 Å². The van der Waals surface area contributed by atoms with Crippen molar-refractivity contribution in [2.45, 2.75) is 4.90 Å². The van der Waals surface area contributed by atoms with Crippen LogP contribution in [0, 0.1) is 0 Å². The van der Waals surface area contributed by atoms with Gasteiger partial charge in [-0.3, -0.25) is 0 Å². The Morgan fingerprint density at radius 2 is 1.68 bits per heavy atom. The average molecular weight is 271 g/mol. The maximum Gasteiger partial charge on any atom is 0.155 e. The Kier molecular flexibility index (Phi) is 5.10. The Labute approximate surface area is 118 Å². The highest BCUT2D eigenvalue weighted by molar-refractivity contribution is 7.96. The molecule has 0 fully saturated rings. The summed E-state index contributed by atoms with van der Waals surface area (Å²) < 4.78 is 5.18. The van der Waals surface area contributed by atoms with Gasteiger partial charge in [0.25, 0.3) is 0 Å². The largest absolute Gasteiger partial charge is 0.497 e. The molecule has 1 nitrogen and oxygen atoms in total. The van der Waals surface area contributed by atoms with Gasteiger partial charge in [-0.05, 0) is 35.9 Å². The maximum atomic E-state index is 5.18. The third-order valence-electron chi connectivity index (χ3n) is 2.92. The van der Waals surface area contributed by atoms with Crippen LogP contribution in [-0.2, 0) is 10.9 Å². The van der Waals surface area contributed by atoms with Crippen molar-refractivity contribution in [3.8, 4) is 5.75 Å². The average Bonchev–Trinajstić information content (AvgIpc) is 2.48. The van der Waals surface area contributed by atoms with Crippen LogP contribution in [0.3, 0.4) is 0 Å². The van der Waals surface area contributed by atoms with Crippen LogP contribution in [-0.4, -0.2) is 19.1 Å². The first kappa shape index (κ1) is 13.8. The molecule has 0 aliphatic heterocycles. The van der Waals surface area contributed by atoms with Crippen molar-refractivity contribution >= 4 is 17.0 Å². The van der Waals surface area contributed by atoms with Crippen LogP contribution in [0.2, 0.25) is 0 Å². The molecule has 0 heterocycles. The van der Waals surface area contributed by atoms with Crippen LogP contribution in [0.1, 0.15) is 5.56 Å². The normalized spacial score (nSPS) is 12.5. The van der Waals surface area contributed by atoms with Gasteiger partial charge >= 0.3 is 0 Å². The predicted octanol–water partition coefficient (Wildman–Crippen LogP) is 4.02. The fourth-order valence-electron chi connectivity index (χ4n) is 1.80. The minimum absolute atomic E-state index is 0.240. The summed E-state index contributed by atoms with van der Waals surface area (Å²) in [6.07, 6.45) is 6.72. The molecule has 1 atom stereocenters. The SMILES string of the molecule is COc1ccc([S+](C)CC=Cc2ccccc2)cc1. The molecule has 2 heteroatoms. The Hall–Kier alpha value is -1.67. The van der Waals surface area contributed by atoms with E-state index in [1.54, 1.807) is 7.11 Å². The summed E-state index contributed by atoms with van der Waals surface area (Å²) in [7, 11) is 1.94. The number of ether oxygens (including phenoxy) is 1. The number of methoxy groups -OCH3 is 1. The highest BCUT2D eigenvalue weighted by atomic mass is 32.2. The van der Waals surface area contributed by atoms with Crippen LogP contribution < -0.4 is 4.74 Å². The summed E-state index contributed by atoms with van der Waals surface area (Å²) in [5.41, 5.74) is 1.26. The van der Waals surface area contributed by atoms with Gasteiger partial charge < -0.3 is 4.74 Å². The lowest BCUT2D eigenvalue weighted by molar-refractivity contribution is 0.414. The molecule has 19 heavy (non-hydrogen) atoms. The quantitative estimate of drug-likeness (QED) is 0.746. The van der Waals surface area contributed by atoms with Gasteiger partial charge in [0.2, 0.25) is 0 Å². The molecule has 2 aromatic carbocycles. The standard InChI is InChI=1S/C17H19OS/c1-18-16-10-12-17(13-11-16)19(2)14-6-9-15-7-4-3-5-8-15/h3-13H,14H2,1-2H3/q+1. The first-order chi connectivity index (χ1) is 9.29. The number of hydrogen-bond acceptors (Lipinski definition) is 1. The minimum Gasteiger partial charge on any atom is -0.497 e. The predicted molar refractivity (Wildman–Crippen MR) is 84.9 cm³/mol.